The number of rotatable bonds is 3. The van der Waals surface area contributed by atoms with E-state index >= 15 is 0 Å². The molecule has 3 nitrogen and oxygen atoms in total. The molecule has 1 aliphatic heterocycles. The molecule has 1 N–H and O–H groups in total. The molecule has 92 valence electrons. The number of aliphatic hydroxyl groups is 1. The van der Waals surface area contributed by atoms with Crippen molar-refractivity contribution in [1.29, 1.82) is 0 Å². The molecule has 4 heteroatoms. The van der Waals surface area contributed by atoms with Crippen molar-refractivity contribution in [2.75, 3.05) is 13.2 Å². The van der Waals surface area contributed by atoms with Gasteiger partial charge in [0.2, 0.25) is 0 Å². The summed E-state index contributed by atoms with van der Waals surface area (Å²) in [4.78, 5) is 0. The highest BCUT2D eigenvalue weighted by Crippen LogP contribution is 2.46. The smallest absolute Gasteiger partial charge is 0.138 e. The fourth-order valence-electron chi connectivity index (χ4n) is 2.08. The SMILES string of the molecule is OC1(c2ccc(OC3CCOC3)c(Cl)c2)CC1. The zero-order valence-corrected chi connectivity index (χ0v) is 10.2. The monoisotopic (exact) mass is 254 g/mol. The molecular formula is C13H15ClO3. The standard InChI is InChI=1S/C13H15ClO3/c14-11-7-9(13(15)4-5-13)1-2-12(11)17-10-3-6-16-8-10/h1-2,7,10,15H,3-6,8H2. The van der Waals surface area contributed by atoms with Crippen LogP contribution in [-0.2, 0) is 10.3 Å². The Morgan fingerprint density at radius 1 is 1.41 bits per heavy atom. The zero-order valence-electron chi connectivity index (χ0n) is 9.49. The molecule has 1 saturated heterocycles. The third-order valence-corrected chi connectivity index (χ3v) is 3.67. The minimum atomic E-state index is -0.640. The Morgan fingerprint density at radius 2 is 2.24 bits per heavy atom. The van der Waals surface area contributed by atoms with Crippen molar-refractivity contribution in [1.82, 2.24) is 0 Å². The first-order valence-electron chi connectivity index (χ1n) is 5.94. The zero-order chi connectivity index (χ0) is 11.9. The van der Waals surface area contributed by atoms with Crippen molar-refractivity contribution >= 4 is 11.6 Å². The quantitative estimate of drug-likeness (QED) is 0.901. The van der Waals surface area contributed by atoms with Crippen LogP contribution in [0.15, 0.2) is 18.2 Å². The van der Waals surface area contributed by atoms with Crippen LogP contribution in [0.1, 0.15) is 24.8 Å². The Morgan fingerprint density at radius 3 is 2.82 bits per heavy atom. The Balaban J connectivity index is 1.76. The van der Waals surface area contributed by atoms with Gasteiger partial charge in [0.25, 0.3) is 0 Å². The summed E-state index contributed by atoms with van der Waals surface area (Å²) in [6.07, 6.45) is 2.64. The number of ether oxygens (including phenoxy) is 2. The van der Waals surface area contributed by atoms with Crippen molar-refractivity contribution < 1.29 is 14.6 Å². The Labute approximate surface area is 105 Å². The second-order valence-electron chi connectivity index (χ2n) is 4.78. The first-order chi connectivity index (χ1) is 8.17. The molecule has 0 aromatic heterocycles. The lowest BCUT2D eigenvalue weighted by Crippen LogP contribution is -2.16. The molecule has 1 aromatic rings. The van der Waals surface area contributed by atoms with E-state index in [2.05, 4.69) is 0 Å². The molecule has 0 radical (unpaired) electrons. The number of hydrogen-bond acceptors (Lipinski definition) is 3. The van der Waals surface area contributed by atoms with Crippen molar-refractivity contribution in [3.63, 3.8) is 0 Å². The topological polar surface area (TPSA) is 38.7 Å². The number of benzene rings is 1. The van der Waals surface area contributed by atoms with Crippen LogP contribution in [0.3, 0.4) is 0 Å². The van der Waals surface area contributed by atoms with Gasteiger partial charge in [-0.1, -0.05) is 17.7 Å². The summed E-state index contributed by atoms with van der Waals surface area (Å²) in [6, 6.07) is 5.54. The van der Waals surface area contributed by atoms with Crippen molar-refractivity contribution in [3.05, 3.63) is 28.8 Å². The largest absolute Gasteiger partial charge is 0.486 e. The Kier molecular flexibility index (Phi) is 2.77. The summed E-state index contributed by atoms with van der Waals surface area (Å²) in [5, 5.41) is 10.5. The van der Waals surface area contributed by atoms with Gasteiger partial charge in [0.05, 0.1) is 23.8 Å². The van der Waals surface area contributed by atoms with Crippen LogP contribution < -0.4 is 4.74 Å². The van der Waals surface area contributed by atoms with Crippen molar-refractivity contribution in [2.24, 2.45) is 0 Å². The van der Waals surface area contributed by atoms with E-state index in [9.17, 15) is 5.11 Å². The highest BCUT2D eigenvalue weighted by molar-refractivity contribution is 6.32. The molecule has 0 bridgehead atoms. The third-order valence-electron chi connectivity index (χ3n) is 3.37. The molecule has 2 aliphatic rings. The minimum absolute atomic E-state index is 0.0994. The summed E-state index contributed by atoms with van der Waals surface area (Å²) in [5.41, 5.74) is 0.246. The van der Waals surface area contributed by atoms with Crippen LogP contribution in [0.4, 0.5) is 0 Å². The number of hydrogen-bond donors (Lipinski definition) is 1. The molecule has 1 unspecified atom stereocenters. The summed E-state index contributed by atoms with van der Waals surface area (Å²) in [7, 11) is 0. The van der Waals surface area contributed by atoms with Gasteiger partial charge in [0.15, 0.2) is 0 Å². The summed E-state index contributed by atoms with van der Waals surface area (Å²) in [6.45, 7) is 1.38. The second-order valence-corrected chi connectivity index (χ2v) is 5.19. The van der Waals surface area contributed by atoms with Gasteiger partial charge in [-0.05, 0) is 30.5 Å². The maximum atomic E-state index is 9.98. The molecule has 17 heavy (non-hydrogen) atoms. The molecule has 2 fully saturated rings. The maximum absolute atomic E-state index is 9.98. The average Bonchev–Trinajstić information content (AvgIpc) is 2.87. The molecule has 1 aliphatic carbocycles. The van der Waals surface area contributed by atoms with Gasteiger partial charge in [-0.15, -0.1) is 0 Å². The lowest BCUT2D eigenvalue weighted by Gasteiger charge is -2.15. The maximum Gasteiger partial charge on any atom is 0.138 e. The molecule has 1 heterocycles. The van der Waals surface area contributed by atoms with Crippen LogP contribution in [0.25, 0.3) is 0 Å². The van der Waals surface area contributed by atoms with E-state index in [1.165, 1.54) is 0 Å². The predicted octanol–water partition coefficient (Wildman–Crippen LogP) is 2.49. The van der Waals surface area contributed by atoms with Gasteiger partial charge < -0.3 is 14.6 Å². The van der Waals surface area contributed by atoms with E-state index < -0.39 is 5.60 Å². The van der Waals surface area contributed by atoms with Gasteiger partial charge in [-0.3, -0.25) is 0 Å². The van der Waals surface area contributed by atoms with E-state index in [0.717, 1.165) is 31.4 Å². The minimum Gasteiger partial charge on any atom is -0.486 e. The highest BCUT2D eigenvalue weighted by Gasteiger charge is 2.42. The van der Waals surface area contributed by atoms with E-state index in [0.29, 0.717) is 17.4 Å². The lowest BCUT2D eigenvalue weighted by atomic mass is 10.1. The molecule has 0 spiro atoms. The van der Waals surface area contributed by atoms with Crippen LogP contribution >= 0.6 is 11.6 Å². The normalized spacial score (nSPS) is 25.9. The summed E-state index contributed by atoms with van der Waals surface area (Å²) < 4.78 is 11.0. The summed E-state index contributed by atoms with van der Waals surface area (Å²) >= 11 is 6.16. The van der Waals surface area contributed by atoms with Crippen molar-refractivity contribution in [2.45, 2.75) is 31.0 Å². The fraction of sp³-hybridized carbons (Fsp3) is 0.538. The number of halogens is 1. The van der Waals surface area contributed by atoms with Crippen molar-refractivity contribution in [3.8, 4) is 5.75 Å². The molecule has 1 aromatic carbocycles. The van der Waals surface area contributed by atoms with Gasteiger partial charge in [0, 0.05) is 6.42 Å². The third kappa shape index (κ3) is 2.28. The van der Waals surface area contributed by atoms with Crippen LogP contribution in [0.2, 0.25) is 5.02 Å². The van der Waals surface area contributed by atoms with Crippen LogP contribution in [-0.4, -0.2) is 24.4 Å². The van der Waals surface area contributed by atoms with E-state index in [-0.39, 0.29) is 6.10 Å². The first-order valence-corrected chi connectivity index (χ1v) is 6.32. The second kappa shape index (κ2) is 4.16. The predicted molar refractivity (Wildman–Crippen MR) is 64.4 cm³/mol. The van der Waals surface area contributed by atoms with Gasteiger partial charge in [0.1, 0.15) is 11.9 Å². The van der Waals surface area contributed by atoms with Crippen LogP contribution in [0, 0.1) is 0 Å². The van der Waals surface area contributed by atoms with Gasteiger partial charge in [-0.2, -0.15) is 0 Å². The Hall–Kier alpha value is -0.770. The highest BCUT2D eigenvalue weighted by atomic mass is 35.5. The molecule has 3 rings (SSSR count). The fourth-order valence-corrected chi connectivity index (χ4v) is 2.30. The van der Waals surface area contributed by atoms with E-state index in [4.69, 9.17) is 21.1 Å². The molecule has 1 atom stereocenters. The molecule has 1 saturated carbocycles. The first kappa shape index (κ1) is 11.3. The van der Waals surface area contributed by atoms with E-state index in [1.54, 1.807) is 6.07 Å². The molecular weight excluding hydrogens is 240 g/mol. The van der Waals surface area contributed by atoms with Gasteiger partial charge in [-0.25, -0.2) is 0 Å². The lowest BCUT2D eigenvalue weighted by molar-refractivity contribution is 0.140. The van der Waals surface area contributed by atoms with Crippen LogP contribution in [0.5, 0.6) is 5.75 Å². The van der Waals surface area contributed by atoms with E-state index in [1.807, 2.05) is 12.1 Å². The Bertz CT molecular complexity index is 423. The average molecular weight is 255 g/mol. The summed E-state index contributed by atoms with van der Waals surface area (Å²) in [5.74, 6) is 0.676. The molecule has 0 amide bonds. The van der Waals surface area contributed by atoms with Gasteiger partial charge >= 0.3 is 0 Å².